The Kier molecular flexibility index (Phi) is 6.50. The van der Waals surface area contributed by atoms with Gasteiger partial charge in [-0.15, -0.1) is 0 Å². The minimum Gasteiger partial charge on any atom is -0.423 e. The summed E-state index contributed by atoms with van der Waals surface area (Å²) in [5, 5.41) is 2.74. The van der Waals surface area contributed by atoms with Gasteiger partial charge < -0.3 is 10.1 Å². The highest BCUT2D eigenvalue weighted by Gasteiger charge is 2.39. The Balaban J connectivity index is 1.51. The predicted molar refractivity (Wildman–Crippen MR) is 137 cm³/mol. The first-order valence-electron chi connectivity index (χ1n) is 11.1. The summed E-state index contributed by atoms with van der Waals surface area (Å²) in [4.78, 5) is 39.6. The maximum absolute atomic E-state index is 13.1. The smallest absolute Gasteiger partial charge is 0.343 e. The third kappa shape index (κ3) is 4.70. The zero-order chi connectivity index (χ0) is 25.4. The van der Waals surface area contributed by atoms with Gasteiger partial charge in [-0.3, -0.25) is 9.59 Å². The number of imide groups is 1. The number of hydrogen-bond donors (Lipinski definition) is 1. The van der Waals surface area contributed by atoms with Crippen LogP contribution in [0.1, 0.15) is 38.2 Å². The van der Waals surface area contributed by atoms with Crippen LogP contribution in [0.3, 0.4) is 0 Å². The fraction of sp³-hybridized carbons (Fsp3) is 0.179. The normalized spacial score (nSPS) is 13.5. The van der Waals surface area contributed by atoms with E-state index in [0.29, 0.717) is 22.7 Å². The molecule has 178 valence electrons. The van der Waals surface area contributed by atoms with E-state index in [0.717, 1.165) is 32.7 Å². The van der Waals surface area contributed by atoms with Gasteiger partial charge in [0.25, 0.3) is 11.8 Å². The van der Waals surface area contributed by atoms with Gasteiger partial charge in [0.15, 0.2) is 0 Å². The van der Waals surface area contributed by atoms with Crippen molar-refractivity contribution in [3.8, 4) is 5.75 Å². The van der Waals surface area contributed by atoms with Crippen LogP contribution < -0.4 is 15.0 Å². The Morgan fingerprint density at radius 3 is 2.20 bits per heavy atom. The maximum Gasteiger partial charge on any atom is 0.343 e. The molecule has 6 nitrogen and oxygen atoms in total. The molecule has 1 aliphatic heterocycles. The van der Waals surface area contributed by atoms with Crippen molar-refractivity contribution in [3.63, 3.8) is 0 Å². The van der Waals surface area contributed by atoms with Gasteiger partial charge in [-0.25, -0.2) is 9.69 Å². The number of anilines is 2. The molecule has 0 spiro atoms. The van der Waals surface area contributed by atoms with E-state index in [1.807, 2.05) is 58.9 Å². The van der Waals surface area contributed by atoms with E-state index in [4.69, 9.17) is 16.3 Å². The van der Waals surface area contributed by atoms with E-state index in [1.54, 1.807) is 30.3 Å². The van der Waals surface area contributed by atoms with Crippen LogP contribution in [0.4, 0.5) is 11.4 Å². The predicted octanol–water partition coefficient (Wildman–Crippen LogP) is 5.88. The molecular weight excluding hydrogens is 464 g/mol. The molecule has 0 radical (unpaired) electrons. The number of amides is 2. The van der Waals surface area contributed by atoms with Crippen molar-refractivity contribution in [1.82, 2.24) is 0 Å². The molecule has 0 unspecified atom stereocenters. The van der Waals surface area contributed by atoms with E-state index in [2.05, 4.69) is 5.32 Å². The number of benzene rings is 3. The zero-order valence-electron chi connectivity index (χ0n) is 20.2. The Labute approximate surface area is 209 Å². The lowest BCUT2D eigenvalue weighted by Crippen LogP contribution is -2.32. The van der Waals surface area contributed by atoms with Gasteiger partial charge in [0.1, 0.15) is 16.5 Å². The SMILES string of the molecule is Cc1cc(C)c(C)c(OC(=O)c2ccc(NC3=C(Cl)C(=O)N(c4cc(C)ccc4C)C3=O)cc2)c1. The van der Waals surface area contributed by atoms with Crippen LogP contribution in [0.25, 0.3) is 0 Å². The van der Waals surface area contributed by atoms with Crippen LogP contribution in [0.2, 0.25) is 0 Å². The first-order valence-corrected chi connectivity index (χ1v) is 11.5. The third-order valence-corrected chi connectivity index (χ3v) is 6.34. The highest BCUT2D eigenvalue weighted by atomic mass is 35.5. The molecule has 1 heterocycles. The molecule has 7 heteroatoms. The number of hydrogen-bond acceptors (Lipinski definition) is 5. The lowest BCUT2D eigenvalue weighted by atomic mass is 10.1. The number of carbonyl (C=O) groups excluding carboxylic acids is 3. The fourth-order valence-electron chi connectivity index (χ4n) is 3.89. The summed E-state index contributed by atoms with van der Waals surface area (Å²) in [5.41, 5.74) is 5.98. The lowest BCUT2D eigenvalue weighted by Gasteiger charge is -2.18. The molecule has 0 bridgehead atoms. The van der Waals surface area contributed by atoms with E-state index in [-0.39, 0.29) is 10.7 Å². The zero-order valence-corrected chi connectivity index (χ0v) is 20.9. The maximum atomic E-state index is 13.1. The Morgan fingerprint density at radius 2 is 1.51 bits per heavy atom. The molecule has 4 rings (SSSR count). The largest absolute Gasteiger partial charge is 0.423 e. The third-order valence-electron chi connectivity index (χ3n) is 5.99. The average molecular weight is 489 g/mol. The number of halogens is 1. The second kappa shape index (κ2) is 9.39. The first-order chi connectivity index (χ1) is 16.6. The van der Waals surface area contributed by atoms with Gasteiger partial charge in [0.05, 0.1) is 11.3 Å². The monoisotopic (exact) mass is 488 g/mol. The van der Waals surface area contributed by atoms with E-state index < -0.39 is 17.8 Å². The van der Waals surface area contributed by atoms with Crippen LogP contribution in [0.5, 0.6) is 5.75 Å². The Bertz CT molecular complexity index is 1410. The number of nitrogens with one attached hydrogen (secondary N) is 1. The number of esters is 1. The summed E-state index contributed by atoms with van der Waals surface area (Å²) >= 11 is 6.25. The summed E-state index contributed by atoms with van der Waals surface area (Å²) in [6.45, 7) is 9.53. The van der Waals surface area contributed by atoms with Crippen molar-refractivity contribution < 1.29 is 19.1 Å². The van der Waals surface area contributed by atoms with Gasteiger partial charge in [-0.2, -0.15) is 0 Å². The number of rotatable bonds is 5. The topological polar surface area (TPSA) is 75.7 Å². The highest BCUT2D eigenvalue weighted by molar-refractivity contribution is 6.53. The van der Waals surface area contributed by atoms with Crippen molar-refractivity contribution in [2.24, 2.45) is 0 Å². The molecule has 1 N–H and O–H groups in total. The Hall–Kier alpha value is -3.90. The lowest BCUT2D eigenvalue weighted by molar-refractivity contribution is -0.120. The summed E-state index contributed by atoms with van der Waals surface area (Å²) in [7, 11) is 0. The minimum atomic E-state index is -0.586. The number of carbonyl (C=O) groups is 3. The molecule has 3 aromatic rings. The second-order valence-corrected chi connectivity index (χ2v) is 9.10. The molecule has 0 saturated heterocycles. The van der Waals surface area contributed by atoms with E-state index in [1.165, 1.54) is 0 Å². The Morgan fingerprint density at radius 1 is 0.829 bits per heavy atom. The fourth-order valence-corrected chi connectivity index (χ4v) is 4.10. The number of ether oxygens (including phenoxy) is 1. The number of nitrogens with zero attached hydrogens (tertiary/aromatic N) is 1. The van der Waals surface area contributed by atoms with Crippen LogP contribution in [-0.2, 0) is 9.59 Å². The second-order valence-electron chi connectivity index (χ2n) is 8.72. The quantitative estimate of drug-likeness (QED) is 0.275. The van der Waals surface area contributed by atoms with Gasteiger partial charge in [0, 0.05) is 5.69 Å². The summed E-state index contributed by atoms with van der Waals surface area (Å²) < 4.78 is 5.60. The van der Waals surface area contributed by atoms with Gasteiger partial charge in [0.2, 0.25) is 0 Å². The van der Waals surface area contributed by atoms with Crippen molar-refractivity contribution >= 4 is 40.8 Å². The van der Waals surface area contributed by atoms with Crippen molar-refractivity contribution in [2.45, 2.75) is 34.6 Å². The van der Waals surface area contributed by atoms with E-state index in [9.17, 15) is 14.4 Å². The van der Waals surface area contributed by atoms with Crippen molar-refractivity contribution in [3.05, 3.63) is 98.7 Å². The highest BCUT2D eigenvalue weighted by Crippen LogP contribution is 2.32. The van der Waals surface area contributed by atoms with Gasteiger partial charge in [-0.05, 0) is 98.8 Å². The molecule has 35 heavy (non-hydrogen) atoms. The summed E-state index contributed by atoms with van der Waals surface area (Å²) in [6.07, 6.45) is 0. The molecule has 0 atom stereocenters. The van der Waals surface area contributed by atoms with E-state index >= 15 is 0 Å². The first kappa shape index (κ1) is 24.2. The van der Waals surface area contributed by atoms with Crippen molar-refractivity contribution in [1.29, 1.82) is 0 Å². The average Bonchev–Trinajstić information content (AvgIpc) is 3.02. The van der Waals surface area contributed by atoms with Gasteiger partial charge >= 0.3 is 5.97 Å². The molecule has 0 fully saturated rings. The standard InChI is InChI=1S/C28H25ClN2O4/c1-15-6-7-17(3)22(13-15)31-26(32)24(29)25(27(31)33)30-21-10-8-20(9-11-21)28(34)35-23-14-16(2)12-18(4)19(23)5/h6-14,30H,1-5H3. The minimum absolute atomic E-state index is 0.0150. The van der Waals surface area contributed by atoms with Crippen molar-refractivity contribution in [2.75, 3.05) is 10.2 Å². The van der Waals surface area contributed by atoms with Crippen LogP contribution in [0.15, 0.2) is 65.3 Å². The molecule has 3 aromatic carbocycles. The number of aryl methyl sites for hydroxylation is 4. The summed E-state index contributed by atoms with van der Waals surface area (Å²) in [6, 6.07) is 15.8. The van der Waals surface area contributed by atoms with Crippen LogP contribution in [-0.4, -0.2) is 17.8 Å². The molecule has 0 aromatic heterocycles. The summed E-state index contributed by atoms with van der Waals surface area (Å²) in [5.74, 6) is -1.09. The molecular formula is C28H25ClN2O4. The molecule has 0 saturated carbocycles. The molecule has 1 aliphatic rings. The van der Waals surface area contributed by atoms with Crippen LogP contribution >= 0.6 is 11.6 Å². The van der Waals surface area contributed by atoms with Gasteiger partial charge in [-0.1, -0.05) is 29.8 Å². The van der Waals surface area contributed by atoms with Crippen LogP contribution in [0, 0.1) is 34.6 Å². The molecule has 0 aliphatic carbocycles. The molecule has 2 amide bonds.